The summed E-state index contributed by atoms with van der Waals surface area (Å²) < 4.78 is 1.77. The van der Waals surface area contributed by atoms with Crippen molar-refractivity contribution >= 4 is 5.91 Å². The molecule has 5 heteroatoms. The number of aliphatic hydroxyl groups excluding tert-OH is 1. The second-order valence-corrected chi connectivity index (χ2v) is 6.02. The Balaban J connectivity index is 2.28. The number of aliphatic hydroxyl groups is 1. The van der Waals surface area contributed by atoms with E-state index in [2.05, 4.69) is 10.4 Å². The van der Waals surface area contributed by atoms with Gasteiger partial charge in [0.2, 0.25) is 5.91 Å². The van der Waals surface area contributed by atoms with Gasteiger partial charge in [-0.15, -0.1) is 0 Å². The summed E-state index contributed by atoms with van der Waals surface area (Å²) in [7, 11) is 0. The first kappa shape index (κ1) is 15.7. The lowest BCUT2D eigenvalue weighted by atomic mass is 9.87. The summed E-state index contributed by atoms with van der Waals surface area (Å²) in [6.45, 7) is 8.99. The molecule has 0 fully saturated rings. The summed E-state index contributed by atoms with van der Waals surface area (Å²) in [6.07, 6.45) is 4.45. The van der Waals surface area contributed by atoms with E-state index in [1.807, 2.05) is 27.0 Å². The van der Waals surface area contributed by atoms with Crippen molar-refractivity contribution in [2.45, 2.75) is 53.2 Å². The highest BCUT2D eigenvalue weighted by atomic mass is 16.3. The van der Waals surface area contributed by atoms with Crippen LogP contribution in [0.25, 0.3) is 0 Å². The molecule has 0 spiro atoms. The van der Waals surface area contributed by atoms with Gasteiger partial charge in [0.15, 0.2) is 0 Å². The third-order valence-corrected chi connectivity index (χ3v) is 2.94. The molecule has 0 aliphatic carbocycles. The zero-order valence-corrected chi connectivity index (χ0v) is 12.3. The van der Waals surface area contributed by atoms with Gasteiger partial charge in [0.1, 0.15) is 0 Å². The lowest BCUT2D eigenvalue weighted by Crippen LogP contribution is -2.36. The van der Waals surface area contributed by atoms with Gasteiger partial charge in [-0.1, -0.05) is 13.8 Å². The zero-order chi connectivity index (χ0) is 14.5. The number of carbonyl (C=O) groups excluding carboxylic acids is 1. The van der Waals surface area contributed by atoms with Gasteiger partial charge in [-0.05, 0) is 31.2 Å². The number of amides is 1. The van der Waals surface area contributed by atoms with E-state index in [9.17, 15) is 9.90 Å². The Morgan fingerprint density at radius 2 is 2.26 bits per heavy atom. The predicted molar refractivity (Wildman–Crippen MR) is 74.7 cm³/mol. The topological polar surface area (TPSA) is 67.2 Å². The van der Waals surface area contributed by atoms with Gasteiger partial charge >= 0.3 is 0 Å². The molecule has 0 saturated carbocycles. The van der Waals surface area contributed by atoms with Gasteiger partial charge in [0.25, 0.3) is 0 Å². The molecule has 0 aliphatic rings. The minimum atomic E-state index is -0.348. The average molecular weight is 267 g/mol. The monoisotopic (exact) mass is 267 g/mol. The quantitative estimate of drug-likeness (QED) is 0.786. The molecule has 1 rings (SSSR count). The van der Waals surface area contributed by atoms with Crippen molar-refractivity contribution in [1.82, 2.24) is 15.1 Å². The molecule has 1 amide bonds. The van der Waals surface area contributed by atoms with Crippen LogP contribution in [0.4, 0.5) is 0 Å². The molecule has 0 radical (unpaired) electrons. The van der Waals surface area contributed by atoms with Crippen LogP contribution in [0.5, 0.6) is 0 Å². The highest BCUT2D eigenvalue weighted by Crippen LogP contribution is 2.20. The summed E-state index contributed by atoms with van der Waals surface area (Å²) >= 11 is 0. The molecule has 1 heterocycles. The van der Waals surface area contributed by atoms with E-state index in [-0.39, 0.29) is 17.4 Å². The number of aryl methyl sites for hydroxylation is 2. The van der Waals surface area contributed by atoms with E-state index in [0.717, 1.165) is 5.56 Å². The van der Waals surface area contributed by atoms with Crippen LogP contribution in [0.15, 0.2) is 12.4 Å². The molecular weight excluding hydrogens is 242 g/mol. The molecule has 1 aromatic rings. The highest BCUT2D eigenvalue weighted by molar-refractivity contribution is 5.75. The van der Waals surface area contributed by atoms with E-state index < -0.39 is 0 Å². The normalized spacial score (nSPS) is 13.3. The van der Waals surface area contributed by atoms with E-state index >= 15 is 0 Å². The van der Waals surface area contributed by atoms with Crippen LogP contribution in [-0.4, -0.2) is 33.4 Å². The van der Waals surface area contributed by atoms with Crippen molar-refractivity contribution in [2.24, 2.45) is 5.41 Å². The fourth-order valence-corrected chi connectivity index (χ4v) is 2.10. The number of hydrogen-bond donors (Lipinski definition) is 2. The second kappa shape index (κ2) is 6.70. The number of aromatic nitrogens is 2. The second-order valence-electron chi connectivity index (χ2n) is 6.02. The van der Waals surface area contributed by atoms with Crippen LogP contribution in [0.2, 0.25) is 0 Å². The van der Waals surface area contributed by atoms with Crippen LogP contribution < -0.4 is 5.32 Å². The Kier molecular flexibility index (Phi) is 5.54. The first-order chi connectivity index (χ1) is 8.78. The largest absolute Gasteiger partial charge is 0.393 e. The van der Waals surface area contributed by atoms with Gasteiger partial charge in [-0.25, -0.2) is 0 Å². The predicted octanol–water partition coefficient (Wildman–Crippen LogP) is 1.49. The minimum absolute atomic E-state index is 0.0202. The van der Waals surface area contributed by atoms with Crippen molar-refractivity contribution in [2.75, 3.05) is 6.54 Å². The molecule has 1 unspecified atom stereocenters. The van der Waals surface area contributed by atoms with E-state index in [4.69, 9.17) is 0 Å². The average Bonchev–Trinajstić information content (AvgIpc) is 2.68. The molecule has 0 saturated heterocycles. The number of nitrogens with one attached hydrogen (secondary N) is 1. The fourth-order valence-electron chi connectivity index (χ4n) is 2.10. The number of nitrogens with zero attached hydrogens (tertiary/aromatic N) is 2. The molecule has 5 nitrogen and oxygen atoms in total. The maximum atomic E-state index is 11.7. The summed E-state index contributed by atoms with van der Waals surface area (Å²) in [4.78, 5) is 11.7. The summed E-state index contributed by atoms with van der Waals surface area (Å²) in [5.74, 6) is 0.0202. The molecular formula is C14H25N3O2. The van der Waals surface area contributed by atoms with E-state index in [0.29, 0.717) is 25.9 Å². The van der Waals surface area contributed by atoms with Crippen molar-refractivity contribution in [3.05, 3.63) is 18.0 Å². The van der Waals surface area contributed by atoms with Crippen LogP contribution in [0, 0.1) is 12.3 Å². The van der Waals surface area contributed by atoms with E-state index in [1.165, 1.54) is 0 Å². The minimum Gasteiger partial charge on any atom is -0.393 e. The molecule has 0 aliphatic heterocycles. The van der Waals surface area contributed by atoms with Gasteiger partial charge in [0.05, 0.1) is 12.3 Å². The zero-order valence-electron chi connectivity index (χ0n) is 12.3. The fraction of sp³-hybridized carbons (Fsp3) is 0.714. The molecule has 108 valence electrons. The lowest BCUT2D eigenvalue weighted by molar-refractivity contribution is -0.121. The Labute approximate surface area is 115 Å². The van der Waals surface area contributed by atoms with Crippen LogP contribution in [0.1, 0.15) is 39.2 Å². The molecule has 2 N–H and O–H groups in total. The first-order valence-electron chi connectivity index (χ1n) is 6.72. The third kappa shape index (κ3) is 6.38. The molecule has 1 aromatic heterocycles. The summed E-state index contributed by atoms with van der Waals surface area (Å²) in [5.41, 5.74) is 1.00. The number of carbonyl (C=O) groups is 1. The maximum absolute atomic E-state index is 11.7. The Morgan fingerprint density at radius 3 is 2.79 bits per heavy atom. The van der Waals surface area contributed by atoms with Crippen molar-refractivity contribution in [3.63, 3.8) is 0 Å². The molecule has 0 aromatic carbocycles. The van der Waals surface area contributed by atoms with Crippen molar-refractivity contribution < 1.29 is 9.90 Å². The molecule has 1 atom stereocenters. The number of hydrogen-bond acceptors (Lipinski definition) is 3. The van der Waals surface area contributed by atoms with Gasteiger partial charge in [0, 0.05) is 25.7 Å². The Hall–Kier alpha value is -1.36. The Morgan fingerprint density at radius 1 is 1.58 bits per heavy atom. The van der Waals surface area contributed by atoms with Crippen molar-refractivity contribution in [3.8, 4) is 0 Å². The van der Waals surface area contributed by atoms with Gasteiger partial charge in [-0.2, -0.15) is 5.10 Å². The Bertz CT molecular complexity index is 411. The van der Waals surface area contributed by atoms with Crippen molar-refractivity contribution in [1.29, 1.82) is 0 Å². The highest BCUT2D eigenvalue weighted by Gasteiger charge is 2.20. The van der Waals surface area contributed by atoms with Crippen LogP contribution in [0.3, 0.4) is 0 Å². The summed E-state index contributed by atoms with van der Waals surface area (Å²) in [5, 5.41) is 16.4. The molecule has 0 bridgehead atoms. The lowest BCUT2D eigenvalue weighted by Gasteiger charge is -2.26. The summed E-state index contributed by atoms with van der Waals surface area (Å²) in [6, 6.07) is 0. The van der Waals surface area contributed by atoms with Gasteiger partial charge in [-0.3, -0.25) is 9.48 Å². The SMILES string of the molecule is Cc1cnn(CCC(=O)NCC(C)(C)CC(C)O)c1. The standard InChI is InChI=1S/C14H25N3O2/c1-11-8-16-17(9-11)6-5-13(19)15-10-14(3,4)7-12(2)18/h8-9,12,18H,5-7,10H2,1-4H3,(H,15,19). The van der Waals surface area contributed by atoms with Crippen LogP contribution in [-0.2, 0) is 11.3 Å². The number of rotatable bonds is 7. The smallest absolute Gasteiger partial charge is 0.221 e. The maximum Gasteiger partial charge on any atom is 0.221 e. The van der Waals surface area contributed by atoms with E-state index in [1.54, 1.807) is 17.8 Å². The third-order valence-electron chi connectivity index (χ3n) is 2.94. The first-order valence-corrected chi connectivity index (χ1v) is 6.72. The van der Waals surface area contributed by atoms with Crippen LogP contribution >= 0.6 is 0 Å². The molecule has 19 heavy (non-hydrogen) atoms. The van der Waals surface area contributed by atoms with Gasteiger partial charge < -0.3 is 10.4 Å².